The van der Waals surface area contributed by atoms with Crippen LogP contribution in [-0.2, 0) is 11.2 Å². The van der Waals surface area contributed by atoms with Crippen LogP contribution in [0.25, 0.3) is 10.2 Å². The molecule has 21 heavy (non-hydrogen) atoms. The number of hydrogen-bond acceptors (Lipinski definition) is 5. The van der Waals surface area contributed by atoms with Crippen LogP contribution in [0.15, 0.2) is 12.4 Å². The highest BCUT2D eigenvalue weighted by atomic mass is 32.1. The van der Waals surface area contributed by atoms with E-state index in [1.54, 1.807) is 17.7 Å². The lowest BCUT2D eigenvalue weighted by Crippen LogP contribution is -2.43. The van der Waals surface area contributed by atoms with Crippen molar-refractivity contribution in [3.8, 4) is 0 Å². The van der Waals surface area contributed by atoms with E-state index in [1.807, 2.05) is 0 Å². The van der Waals surface area contributed by atoms with Gasteiger partial charge in [0.2, 0.25) is 0 Å². The molecule has 1 aliphatic heterocycles. The first-order valence-corrected chi connectivity index (χ1v) is 8.14. The molecular weight excluding hydrogens is 286 g/mol. The number of fused-ring (bicyclic) bond motifs is 1. The molecule has 2 unspecified atom stereocenters. The van der Waals surface area contributed by atoms with Gasteiger partial charge in [-0.2, -0.15) is 0 Å². The van der Waals surface area contributed by atoms with Crippen molar-refractivity contribution in [3.63, 3.8) is 0 Å². The Morgan fingerprint density at radius 2 is 2.33 bits per heavy atom. The molecule has 2 aromatic rings. The molecule has 0 spiro atoms. The summed E-state index contributed by atoms with van der Waals surface area (Å²) in [6.45, 7) is 4.95. The largest absolute Gasteiger partial charge is 0.481 e. The van der Waals surface area contributed by atoms with Gasteiger partial charge in [-0.15, -0.1) is 11.3 Å². The van der Waals surface area contributed by atoms with Gasteiger partial charge < -0.3 is 10.0 Å². The van der Waals surface area contributed by atoms with Crippen molar-refractivity contribution in [2.24, 2.45) is 5.92 Å². The Morgan fingerprint density at radius 3 is 3.00 bits per heavy atom. The van der Waals surface area contributed by atoms with Gasteiger partial charge in [-0.05, 0) is 32.3 Å². The highest BCUT2D eigenvalue weighted by molar-refractivity contribution is 7.18. The van der Waals surface area contributed by atoms with Gasteiger partial charge in [-0.1, -0.05) is 6.92 Å². The van der Waals surface area contributed by atoms with Crippen LogP contribution in [0.2, 0.25) is 0 Å². The second kappa shape index (κ2) is 5.60. The zero-order chi connectivity index (χ0) is 15.0. The van der Waals surface area contributed by atoms with E-state index >= 15 is 0 Å². The van der Waals surface area contributed by atoms with Crippen LogP contribution >= 0.6 is 11.3 Å². The maximum absolute atomic E-state index is 11.2. The van der Waals surface area contributed by atoms with Crippen LogP contribution in [0.4, 0.5) is 5.82 Å². The molecule has 3 rings (SSSR count). The number of carboxylic acids is 1. The molecule has 1 fully saturated rings. The van der Waals surface area contributed by atoms with Crippen molar-refractivity contribution < 1.29 is 9.90 Å². The lowest BCUT2D eigenvalue weighted by molar-refractivity contribution is -0.142. The third-order valence-corrected chi connectivity index (χ3v) is 5.39. The van der Waals surface area contributed by atoms with Crippen molar-refractivity contribution in [2.75, 3.05) is 11.4 Å². The topological polar surface area (TPSA) is 66.3 Å². The second-order valence-electron chi connectivity index (χ2n) is 5.58. The van der Waals surface area contributed by atoms with E-state index in [9.17, 15) is 9.90 Å². The summed E-state index contributed by atoms with van der Waals surface area (Å²) < 4.78 is 0. The monoisotopic (exact) mass is 305 g/mol. The number of anilines is 1. The predicted octanol–water partition coefficient (Wildman–Crippen LogP) is 2.94. The van der Waals surface area contributed by atoms with Crippen molar-refractivity contribution in [2.45, 2.75) is 39.2 Å². The van der Waals surface area contributed by atoms with E-state index in [4.69, 9.17) is 0 Å². The Labute approximate surface area is 127 Å². The first kappa shape index (κ1) is 14.3. The molecule has 1 saturated heterocycles. The molecule has 0 saturated carbocycles. The van der Waals surface area contributed by atoms with Crippen LogP contribution in [0, 0.1) is 5.92 Å². The molecule has 0 aliphatic carbocycles. The predicted molar refractivity (Wildman–Crippen MR) is 84.0 cm³/mol. The average Bonchev–Trinajstić information content (AvgIpc) is 2.90. The number of carboxylic acid groups (broad SMARTS) is 1. The maximum atomic E-state index is 11.2. The number of nitrogens with zero attached hydrogens (tertiary/aromatic N) is 3. The minimum absolute atomic E-state index is 0.183. The van der Waals surface area contributed by atoms with E-state index in [0.717, 1.165) is 29.0 Å². The highest BCUT2D eigenvalue weighted by Gasteiger charge is 2.31. The van der Waals surface area contributed by atoms with Gasteiger partial charge in [0.25, 0.3) is 0 Å². The number of carbonyl (C=O) groups is 1. The van der Waals surface area contributed by atoms with Gasteiger partial charge in [0.15, 0.2) is 0 Å². The summed E-state index contributed by atoms with van der Waals surface area (Å²) in [6.07, 6.45) is 3.96. The standard InChI is InChI=1S/C15H19N3O2S/c1-3-11-7-12-13(16-8-17-14(12)21-11)18-5-4-10(15(19)20)6-9(18)2/h7-10H,3-6H2,1-2H3,(H,19,20). The molecule has 5 nitrogen and oxygen atoms in total. The van der Waals surface area contributed by atoms with Gasteiger partial charge in [0, 0.05) is 17.5 Å². The zero-order valence-electron chi connectivity index (χ0n) is 12.2. The molecule has 0 bridgehead atoms. The summed E-state index contributed by atoms with van der Waals surface area (Å²) in [4.78, 5) is 24.5. The third-order valence-electron chi connectivity index (χ3n) is 4.21. The number of aryl methyl sites for hydroxylation is 1. The molecule has 3 heterocycles. The highest BCUT2D eigenvalue weighted by Crippen LogP contribution is 2.34. The van der Waals surface area contributed by atoms with E-state index < -0.39 is 5.97 Å². The molecule has 2 aromatic heterocycles. The summed E-state index contributed by atoms with van der Waals surface area (Å²) in [5.74, 6) is 0.0349. The number of aromatic nitrogens is 2. The van der Waals surface area contributed by atoms with Gasteiger partial charge in [0.05, 0.1) is 11.3 Å². The molecule has 112 valence electrons. The Bertz CT molecular complexity index is 670. The third kappa shape index (κ3) is 2.60. The molecular formula is C15H19N3O2S. The van der Waals surface area contributed by atoms with Crippen molar-refractivity contribution in [3.05, 3.63) is 17.3 Å². The van der Waals surface area contributed by atoms with Crippen molar-refractivity contribution >= 4 is 33.3 Å². The van der Waals surface area contributed by atoms with Crippen LogP contribution in [0.3, 0.4) is 0 Å². The molecule has 0 amide bonds. The van der Waals surface area contributed by atoms with Gasteiger partial charge in [-0.25, -0.2) is 9.97 Å². The van der Waals surface area contributed by atoms with E-state index in [-0.39, 0.29) is 12.0 Å². The number of piperidine rings is 1. The number of rotatable bonds is 3. The summed E-state index contributed by atoms with van der Waals surface area (Å²) in [7, 11) is 0. The summed E-state index contributed by atoms with van der Waals surface area (Å²) in [5, 5.41) is 10.3. The Balaban J connectivity index is 1.93. The van der Waals surface area contributed by atoms with Gasteiger partial charge in [0.1, 0.15) is 17.0 Å². The van der Waals surface area contributed by atoms with E-state index in [2.05, 4.69) is 34.8 Å². The van der Waals surface area contributed by atoms with E-state index in [1.165, 1.54) is 4.88 Å². The zero-order valence-corrected chi connectivity index (χ0v) is 13.1. The molecule has 0 radical (unpaired) electrons. The second-order valence-corrected chi connectivity index (χ2v) is 6.70. The fraction of sp³-hybridized carbons (Fsp3) is 0.533. The van der Waals surface area contributed by atoms with Crippen LogP contribution < -0.4 is 4.90 Å². The average molecular weight is 305 g/mol. The molecule has 1 N–H and O–H groups in total. The normalized spacial score (nSPS) is 22.7. The van der Waals surface area contributed by atoms with E-state index in [0.29, 0.717) is 12.8 Å². The van der Waals surface area contributed by atoms with Crippen molar-refractivity contribution in [1.29, 1.82) is 0 Å². The van der Waals surface area contributed by atoms with Crippen LogP contribution in [0.1, 0.15) is 31.6 Å². The Hall–Kier alpha value is -1.69. The maximum Gasteiger partial charge on any atom is 0.306 e. The summed E-state index contributed by atoms with van der Waals surface area (Å²) in [6, 6.07) is 2.36. The lowest BCUT2D eigenvalue weighted by atomic mass is 9.91. The number of hydrogen-bond donors (Lipinski definition) is 1. The first-order valence-electron chi connectivity index (χ1n) is 7.33. The minimum atomic E-state index is -0.682. The quantitative estimate of drug-likeness (QED) is 0.944. The van der Waals surface area contributed by atoms with Gasteiger partial charge in [-0.3, -0.25) is 4.79 Å². The lowest BCUT2D eigenvalue weighted by Gasteiger charge is -2.37. The van der Waals surface area contributed by atoms with Crippen LogP contribution in [-0.4, -0.2) is 33.6 Å². The minimum Gasteiger partial charge on any atom is -0.481 e. The molecule has 6 heteroatoms. The number of thiophene rings is 1. The van der Waals surface area contributed by atoms with Gasteiger partial charge >= 0.3 is 5.97 Å². The Morgan fingerprint density at radius 1 is 1.52 bits per heavy atom. The fourth-order valence-electron chi connectivity index (χ4n) is 3.01. The number of aliphatic carboxylic acids is 1. The first-order chi connectivity index (χ1) is 10.1. The smallest absolute Gasteiger partial charge is 0.306 e. The molecule has 1 aliphatic rings. The summed E-state index contributed by atoms with van der Waals surface area (Å²) >= 11 is 1.71. The SMILES string of the molecule is CCc1cc2c(N3CCC(C(=O)O)CC3C)ncnc2s1. The Kier molecular flexibility index (Phi) is 3.80. The molecule has 2 atom stereocenters. The molecule has 0 aromatic carbocycles. The van der Waals surface area contributed by atoms with Crippen LogP contribution in [0.5, 0.6) is 0 Å². The van der Waals surface area contributed by atoms with Crippen molar-refractivity contribution in [1.82, 2.24) is 9.97 Å². The fourth-order valence-corrected chi connectivity index (χ4v) is 3.94. The summed E-state index contributed by atoms with van der Waals surface area (Å²) in [5.41, 5.74) is 0.